The number of nitrogens with zero attached hydrogens (tertiary/aromatic N) is 1. The second kappa shape index (κ2) is 6.13. The van der Waals surface area contributed by atoms with E-state index in [1.807, 2.05) is 24.3 Å². The van der Waals surface area contributed by atoms with E-state index in [1.54, 1.807) is 0 Å². The van der Waals surface area contributed by atoms with Crippen LogP contribution in [0.5, 0.6) is 5.75 Å². The van der Waals surface area contributed by atoms with Crippen LogP contribution in [0.15, 0.2) is 29.2 Å². The summed E-state index contributed by atoms with van der Waals surface area (Å²) in [4.78, 5) is 3.29. The van der Waals surface area contributed by atoms with Crippen LogP contribution in [0.4, 0.5) is 0 Å². The summed E-state index contributed by atoms with van der Waals surface area (Å²) in [5, 5.41) is 0. The molecule has 0 aromatic heterocycles. The Morgan fingerprint density at radius 2 is 2.12 bits per heavy atom. The molecule has 1 aromatic carbocycles. The van der Waals surface area contributed by atoms with Crippen LogP contribution in [0, 0.1) is 0 Å². The molecule has 0 saturated carbocycles. The van der Waals surface area contributed by atoms with Gasteiger partial charge in [-0.05, 0) is 18.2 Å². The molecule has 0 bridgehead atoms. The zero-order valence-electron chi connectivity index (χ0n) is 9.26. The first-order valence-electron chi connectivity index (χ1n) is 5.56. The predicted octanol–water partition coefficient (Wildman–Crippen LogP) is 1.69. The number of thiol groups is 1. The molecule has 2 rings (SSSR count). The first kappa shape index (κ1) is 11.8. The summed E-state index contributed by atoms with van der Waals surface area (Å²) in [5.41, 5.74) is 0. The van der Waals surface area contributed by atoms with Gasteiger partial charge in [-0.25, -0.2) is 0 Å². The molecular formula is C12H17NO2S. The summed E-state index contributed by atoms with van der Waals surface area (Å²) in [6.45, 7) is 5.38. The SMILES string of the molecule is Sc1cccc(OCCN2CCOCC2)c1. The van der Waals surface area contributed by atoms with E-state index in [9.17, 15) is 0 Å². The third-order valence-electron chi connectivity index (χ3n) is 2.60. The fourth-order valence-electron chi connectivity index (χ4n) is 1.69. The maximum Gasteiger partial charge on any atom is 0.120 e. The van der Waals surface area contributed by atoms with Crippen molar-refractivity contribution in [3.8, 4) is 5.75 Å². The molecule has 1 aliphatic rings. The lowest BCUT2D eigenvalue weighted by Crippen LogP contribution is -2.38. The minimum Gasteiger partial charge on any atom is -0.492 e. The fourth-order valence-corrected chi connectivity index (χ4v) is 1.90. The van der Waals surface area contributed by atoms with Crippen molar-refractivity contribution in [3.63, 3.8) is 0 Å². The molecule has 0 N–H and O–H groups in total. The average Bonchev–Trinajstić information content (AvgIpc) is 2.30. The van der Waals surface area contributed by atoms with E-state index in [-0.39, 0.29) is 0 Å². The summed E-state index contributed by atoms with van der Waals surface area (Å²) >= 11 is 4.27. The molecule has 1 aliphatic heterocycles. The Labute approximate surface area is 102 Å². The second-order valence-electron chi connectivity index (χ2n) is 3.80. The van der Waals surface area contributed by atoms with Crippen LogP contribution in [-0.2, 0) is 4.74 Å². The lowest BCUT2D eigenvalue weighted by molar-refractivity contribution is 0.0322. The first-order valence-corrected chi connectivity index (χ1v) is 6.01. The minimum atomic E-state index is 0.719. The van der Waals surface area contributed by atoms with Gasteiger partial charge < -0.3 is 9.47 Å². The third kappa shape index (κ3) is 3.70. The molecule has 16 heavy (non-hydrogen) atoms. The molecule has 1 aromatic rings. The largest absolute Gasteiger partial charge is 0.492 e. The molecule has 0 radical (unpaired) electrons. The van der Waals surface area contributed by atoms with Crippen molar-refractivity contribution < 1.29 is 9.47 Å². The highest BCUT2D eigenvalue weighted by Crippen LogP contribution is 2.15. The summed E-state index contributed by atoms with van der Waals surface area (Å²) in [6, 6.07) is 7.78. The highest BCUT2D eigenvalue weighted by molar-refractivity contribution is 7.80. The molecule has 1 heterocycles. The van der Waals surface area contributed by atoms with Crippen LogP contribution in [0.1, 0.15) is 0 Å². The van der Waals surface area contributed by atoms with Crippen molar-refractivity contribution in [2.24, 2.45) is 0 Å². The number of rotatable bonds is 4. The van der Waals surface area contributed by atoms with Crippen LogP contribution in [0.2, 0.25) is 0 Å². The third-order valence-corrected chi connectivity index (χ3v) is 2.88. The number of benzene rings is 1. The van der Waals surface area contributed by atoms with E-state index in [0.29, 0.717) is 0 Å². The van der Waals surface area contributed by atoms with Gasteiger partial charge in [-0.3, -0.25) is 4.90 Å². The zero-order chi connectivity index (χ0) is 11.2. The molecule has 0 aliphatic carbocycles. The van der Waals surface area contributed by atoms with Gasteiger partial charge in [0.05, 0.1) is 13.2 Å². The van der Waals surface area contributed by atoms with E-state index < -0.39 is 0 Å². The molecule has 0 atom stereocenters. The molecule has 3 nitrogen and oxygen atoms in total. The molecule has 0 amide bonds. The molecule has 0 spiro atoms. The molecule has 0 unspecified atom stereocenters. The highest BCUT2D eigenvalue weighted by Gasteiger charge is 2.09. The van der Waals surface area contributed by atoms with Crippen molar-refractivity contribution in [1.29, 1.82) is 0 Å². The zero-order valence-corrected chi connectivity index (χ0v) is 10.2. The van der Waals surface area contributed by atoms with Gasteiger partial charge in [0.1, 0.15) is 12.4 Å². The van der Waals surface area contributed by atoms with Crippen molar-refractivity contribution in [2.45, 2.75) is 4.90 Å². The minimum absolute atomic E-state index is 0.719. The van der Waals surface area contributed by atoms with E-state index in [1.165, 1.54) is 0 Å². The molecule has 4 heteroatoms. The Kier molecular flexibility index (Phi) is 4.51. The van der Waals surface area contributed by atoms with Gasteiger partial charge in [-0.15, -0.1) is 12.6 Å². The highest BCUT2D eigenvalue weighted by atomic mass is 32.1. The molecule has 88 valence electrons. The van der Waals surface area contributed by atoms with Gasteiger partial charge in [0.2, 0.25) is 0 Å². The van der Waals surface area contributed by atoms with Crippen LogP contribution in [-0.4, -0.2) is 44.4 Å². The summed E-state index contributed by atoms with van der Waals surface area (Å²) in [6.07, 6.45) is 0. The van der Waals surface area contributed by atoms with Crippen molar-refractivity contribution >= 4 is 12.6 Å². The van der Waals surface area contributed by atoms with Gasteiger partial charge in [0, 0.05) is 24.5 Å². The Hall–Kier alpha value is -0.710. The van der Waals surface area contributed by atoms with Crippen LogP contribution in [0.25, 0.3) is 0 Å². The number of hydrogen-bond donors (Lipinski definition) is 1. The van der Waals surface area contributed by atoms with Crippen LogP contribution >= 0.6 is 12.6 Å². The standard InChI is InChI=1S/C12H17NO2S/c16-12-3-1-2-11(10-12)15-9-6-13-4-7-14-8-5-13/h1-3,10,16H,4-9H2. The van der Waals surface area contributed by atoms with Crippen LogP contribution < -0.4 is 4.74 Å². The van der Waals surface area contributed by atoms with Gasteiger partial charge >= 0.3 is 0 Å². The van der Waals surface area contributed by atoms with E-state index in [0.717, 1.165) is 50.1 Å². The van der Waals surface area contributed by atoms with E-state index in [2.05, 4.69) is 17.5 Å². The van der Waals surface area contributed by atoms with Gasteiger partial charge in [-0.2, -0.15) is 0 Å². The van der Waals surface area contributed by atoms with Crippen LogP contribution in [0.3, 0.4) is 0 Å². The van der Waals surface area contributed by atoms with E-state index >= 15 is 0 Å². The van der Waals surface area contributed by atoms with Gasteiger partial charge in [0.15, 0.2) is 0 Å². The Morgan fingerprint density at radius 1 is 1.31 bits per heavy atom. The smallest absolute Gasteiger partial charge is 0.120 e. The van der Waals surface area contributed by atoms with E-state index in [4.69, 9.17) is 9.47 Å². The Morgan fingerprint density at radius 3 is 2.88 bits per heavy atom. The number of ether oxygens (including phenoxy) is 2. The molecular weight excluding hydrogens is 222 g/mol. The maximum absolute atomic E-state index is 5.66. The second-order valence-corrected chi connectivity index (χ2v) is 4.32. The quantitative estimate of drug-likeness (QED) is 0.808. The first-order chi connectivity index (χ1) is 7.84. The van der Waals surface area contributed by atoms with Crippen molar-refractivity contribution in [2.75, 3.05) is 39.5 Å². The van der Waals surface area contributed by atoms with Gasteiger partial charge in [0.25, 0.3) is 0 Å². The summed E-state index contributed by atoms with van der Waals surface area (Å²) in [5.74, 6) is 0.890. The number of hydrogen-bond acceptors (Lipinski definition) is 4. The molecule has 1 saturated heterocycles. The summed E-state index contributed by atoms with van der Waals surface area (Å²) < 4.78 is 10.9. The Balaban J connectivity index is 1.71. The molecule has 1 fully saturated rings. The Bertz CT molecular complexity index is 327. The van der Waals surface area contributed by atoms with Crippen molar-refractivity contribution in [1.82, 2.24) is 4.90 Å². The average molecular weight is 239 g/mol. The monoisotopic (exact) mass is 239 g/mol. The fraction of sp³-hybridized carbons (Fsp3) is 0.500. The lowest BCUT2D eigenvalue weighted by Gasteiger charge is -2.26. The lowest BCUT2D eigenvalue weighted by atomic mass is 10.3. The van der Waals surface area contributed by atoms with Gasteiger partial charge in [-0.1, -0.05) is 6.07 Å². The number of morpholine rings is 1. The topological polar surface area (TPSA) is 21.7 Å². The maximum atomic E-state index is 5.66. The summed E-state index contributed by atoms with van der Waals surface area (Å²) in [7, 11) is 0. The normalized spacial score (nSPS) is 17.3. The predicted molar refractivity (Wildman–Crippen MR) is 66.4 cm³/mol. The van der Waals surface area contributed by atoms with Crippen molar-refractivity contribution in [3.05, 3.63) is 24.3 Å².